The lowest BCUT2D eigenvalue weighted by atomic mass is 9.78. The number of carbonyl (C=O) groups is 1. The molecule has 0 radical (unpaired) electrons. The summed E-state index contributed by atoms with van der Waals surface area (Å²) < 4.78 is 5.36. The molecule has 1 atom stereocenters. The van der Waals surface area contributed by atoms with Gasteiger partial charge in [0.1, 0.15) is 17.3 Å². The van der Waals surface area contributed by atoms with Crippen LogP contribution in [0.3, 0.4) is 0 Å². The summed E-state index contributed by atoms with van der Waals surface area (Å²) in [5, 5.41) is 20.0. The van der Waals surface area contributed by atoms with Crippen LogP contribution in [0.4, 0.5) is 0 Å². The van der Waals surface area contributed by atoms with Gasteiger partial charge in [-0.2, -0.15) is 0 Å². The molecule has 5 heteroatoms. The van der Waals surface area contributed by atoms with Gasteiger partial charge in [0.2, 0.25) is 0 Å². The van der Waals surface area contributed by atoms with Crippen LogP contribution in [0.15, 0.2) is 42.0 Å². The maximum Gasteiger partial charge on any atom is 0.182 e. The Balaban J connectivity index is 1.94. The SMILES string of the molecule is CCCC1CN(CC(=O)c2cc(C(C)(C)C)c(O)c(C(C)(C)C)c2)C(=N)C1=Cc1cccc(OC)c1. The molecule has 1 heterocycles. The van der Waals surface area contributed by atoms with Crippen molar-refractivity contribution in [2.24, 2.45) is 5.92 Å². The molecule has 1 saturated heterocycles. The van der Waals surface area contributed by atoms with Gasteiger partial charge in [0.25, 0.3) is 0 Å². The van der Waals surface area contributed by atoms with Crippen LogP contribution in [0.2, 0.25) is 0 Å². The maximum absolute atomic E-state index is 13.6. The van der Waals surface area contributed by atoms with E-state index in [-0.39, 0.29) is 34.8 Å². The van der Waals surface area contributed by atoms with Crippen molar-refractivity contribution >= 4 is 17.7 Å². The smallest absolute Gasteiger partial charge is 0.182 e. The number of likely N-dealkylation sites (tertiary alicyclic amines) is 1. The molecule has 1 fully saturated rings. The number of carbonyl (C=O) groups excluding carboxylic acids is 1. The van der Waals surface area contributed by atoms with E-state index >= 15 is 0 Å². The number of methoxy groups -OCH3 is 1. The average molecular weight is 491 g/mol. The Morgan fingerprint density at radius 1 is 1.11 bits per heavy atom. The van der Waals surface area contributed by atoms with Gasteiger partial charge in [-0.15, -0.1) is 0 Å². The van der Waals surface area contributed by atoms with Crippen LogP contribution in [0.1, 0.15) is 88.4 Å². The van der Waals surface area contributed by atoms with E-state index in [4.69, 9.17) is 10.1 Å². The van der Waals surface area contributed by atoms with Crippen molar-refractivity contribution in [3.63, 3.8) is 0 Å². The Hall–Kier alpha value is -3.08. The minimum Gasteiger partial charge on any atom is -0.507 e. The standard InChI is InChI=1S/C31H42N2O3/c1-9-11-21-18-33(29(32)24(21)15-20-12-10-13-23(14-20)36-8)19-27(34)22-16-25(30(2,3)4)28(35)26(17-22)31(5,6)7/h10,12-17,21,32,35H,9,11,18-19H2,1-8H3. The first kappa shape index (κ1) is 27.5. The molecule has 1 aliphatic heterocycles. The Kier molecular flexibility index (Phi) is 8.02. The lowest BCUT2D eigenvalue weighted by Gasteiger charge is -2.28. The highest BCUT2D eigenvalue weighted by atomic mass is 16.5. The van der Waals surface area contributed by atoms with E-state index < -0.39 is 0 Å². The zero-order chi connectivity index (χ0) is 26.8. The van der Waals surface area contributed by atoms with Gasteiger partial charge < -0.3 is 14.7 Å². The van der Waals surface area contributed by atoms with Gasteiger partial charge in [-0.1, -0.05) is 67.0 Å². The molecule has 0 bridgehead atoms. The van der Waals surface area contributed by atoms with Gasteiger partial charge in [-0.3, -0.25) is 10.2 Å². The van der Waals surface area contributed by atoms with Crippen molar-refractivity contribution in [1.29, 1.82) is 5.41 Å². The summed E-state index contributed by atoms with van der Waals surface area (Å²) in [6.07, 6.45) is 4.03. The number of ether oxygens (including phenoxy) is 1. The van der Waals surface area contributed by atoms with Crippen LogP contribution < -0.4 is 4.74 Å². The number of Topliss-reactive ketones (excluding diaryl/α,β-unsaturated/α-hetero) is 1. The molecule has 2 aromatic rings. The van der Waals surface area contributed by atoms with E-state index in [2.05, 4.69) is 13.0 Å². The average Bonchev–Trinajstić information content (AvgIpc) is 3.06. The first-order valence-corrected chi connectivity index (χ1v) is 12.9. The van der Waals surface area contributed by atoms with Gasteiger partial charge in [-0.05, 0) is 58.7 Å². The van der Waals surface area contributed by atoms with Crippen molar-refractivity contribution in [2.75, 3.05) is 20.2 Å². The lowest BCUT2D eigenvalue weighted by Crippen LogP contribution is -2.31. The molecule has 0 aliphatic carbocycles. The summed E-state index contributed by atoms with van der Waals surface area (Å²) in [4.78, 5) is 15.5. The van der Waals surface area contributed by atoms with E-state index in [1.165, 1.54) is 0 Å². The Labute approximate surface area is 216 Å². The first-order valence-electron chi connectivity index (χ1n) is 12.9. The molecular formula is C31H42N2O3. The van der Waals surface area contributed by atoms with Gasteiger partial charge >= 0.3 is 0 Å². The molecule has 5 nitrogen and oxygen atoms in total. The highest BCUT2D eigenvalue weighted by molar-refractivity contribution is 6.06. The quantitative estimate of drug-likeness (QED) is 0.411. The molecule has 2 aromatic carbocycles. The summed E-state index contributed by atoms with van der Waals surface area (Å²) in [6, 6.07) is 11.5. The van der Waals surface area contributed by atoms with Crippen LogP contribution in [-0.4, -0.2) is 41.8 Å². The Morgan fingerprint density at radius 3 is 2.25 bits per heavy atom. The predicted molar refractivity (Wildman–Crippen MR) is 149 cm³/mol. The summed E-state index contributed by atoms with van der Waals surface area (Å²) in [5.74, 6) is 1.64. The molecule has 2 N–H and O–H groups in total. The molecule has 1 unspecified atom stereocenters. The van der Waals surface area contributed by atoms with Crippen molar-refractivity contribution in [1.82, 2.24) is 4.90 Å². The fourth-order valence-electron chi connectivity index (χ4n) is 4.87. The predicted octanol–water partition coefficient (Wildman–Crippen LogP) is 6.97. The summed E-state index contributed by atoms with van der Waals surface area (Å²) in [5.41, 5.74) is 3.49. The highest BCUT2D eigenvalue weighted by Gasteiger charge is 2.34. The van der Waals surface area contributed by atoms with Gasteiger partial charge in [0.15, 0.2) is 5.78 Å². The van der Waals surface area contributed by atoms with E-state index in [0.717, 1.165) is 40.9 Å². The number of ketones is 1. The van der Waals surface area contributed by atoms with Crippen LogP contribution in [0.5, 0.6) is 11.5 Å². The third-order valence-electron chi connectivity index (χ3n) is 6.91. The third-order valence-corrected chi connectivity index (χ3v) is 6.91. The number of phenolic OH excluding ortho intramolecular Hbond substituents is 1. The maximum atomic E-state index is 13.6. The molecule has 0 aromatic heterocycles. The van der Waals surface area contributed by atoms with Gasteiger partial charge in [0, 0.05) is 29.2 Å². The molecule has 194 valence electrons. The number of aromatic hydroxyl groups is 1. The van der Waals surface area contributed by atoms with Gasteiger partial charge in [-0.25, -0.2) is 0 Å². The number of nitrogens with one attached hydrogen (secondary N) is 1. The number of benzene rings is 2. The van der Waals surface area contributed by atoms with Gasteiger partial charge in [0.05, 0.1) is 13.7 Å². The second-order valence-corrected chi connectivity index (χ2v) is 11.9. The van der Waals surface area contributed by atoms with E-state index in [0.29, 0.717) is 17.9 Å². The van der Waals surface area contributed by atoms with Crippen molar-refractivity contribution in [3.05, 3.63) is 64.2 Å². The number of amidine groups is 1. The fraction of sp³-hybridized carbons (Fsp3) is 0.484. The number of hydrogen-bond acceptors (Lipinski definition) is 4. The molecular weight excluding hydrogens is 448 g/mol. The fourth-order valence-corrected chi connectivity index (χ4v) is 4.87. The Morgan fingerprint density at radius 2 is 1.72 bits per heavy atom. The topological polar surface area (TPSA) is 73.6 Å². The van der Waals surface area contributed by atoms with Crippen molar-refractivity contribution in [3.8, 4) is 11.5 Å². The van der Waals surface area contributed by atoms with Crippen LogP contribution in [0.25, 0.3) is 6.08 Å². The van der Waals surface area contributed by atoms with Crippen LogP contribution in [0, 0.1) is 11.3 Å². The first-order chi connectivity index (χ1) is 16.8. The van der Waals surface area contributed by atoms with Crippen molar-refractivity contribution < 1.29 is 14.6 Å². The summed E-state index contributed by atoms with van der Waals surface area (Å²) in [7, 11) is 1.65. The minimum atomic E-state index is -0.306. The largest absolute Gasteiger partial charge is 0.507 e. The third kappa shape index (κ3) is 6.00. The highest BCUT2D eigenvalue weighted by Crippen LogP contribution is 2.40. The summed E-state index contributed by atoms with van der Waals surface area (Å²) in [6.45, 7) is 15.2. The molecule has 0 amide bonds. The molecule has 1 aliphatic rings. The molecule has 36 heavy (non-hydrogen) atoms. The zero-order valence-corrected chi connectivity index (χ0v) is 23.2. The van der Waals surface area contributed by atoms with E-state index in [1.54, 1.807) is 7.11 Å². The minimum absolute atomic E-state index is 0.0337. The molecule has 3 rings (SSSR count). The normalized spacial score (nSPS) is 17.7. The lowest BCUT2D eigenvalue weighted by molar-refractivity contribution is 0.0963. The van der Waals surface area contributed by atoms with E-state index in [1.807, 2.05) is 82.8 Å². The number of phenols is 1. The van der Waals surface area contributed by atoms with Crippen molar-refractivity contribution in [2.45, 2.75) is 72.1 Å². The van der Waals surface area contributed by atoms with Crippen LogP contribution >= 0.6 is 0 Å². The molecule has 0 saturated carbocycles. The second kappa shape index (κ2) is 10.5. The van der Waals surface area contributed by atoms with Crippen LogP contribution in [-0.2, 0) is 10.8 Å². The second-order valence-electron chi connectivity index (χ2n) is 11.9. The number of rotatable bonds is 7. The number of hydrogen-bond donors (Lipinski definition) is 2. The zero-order valence-electron chi connectivity index (χ0n) is 23.2. The molecule has 0 spiro atoms. The monoisotopic (exact) mass is 490 g/mol. The summed E-state index contributed by atoms with van der Waals surface area (Å²) >= 11 is 0. The number of nitrogens with zero attached hydrogens (tertiary/aromatic N) is 1. The van der Waals surface area contributed by atoms with E-state index in [9.17, 15) is 9.90 Å². The Bertz CT molecular complexity index is 1130.